The second-order valence-electron chi connectivity index (χ2n) is 2.65. The molecule has 1 aromatic rings. The highest BCUT2D eigenvalue weighted by Gasteiger charge is 1.93. The monoisotopic (exact) mass is 181 g/mol. The van der Waals surface area contributed by atoms with Crippen molar-refractivity contribution in [1.29, 1.82) is 0 Å². The molecule has 0 heterocycles. The van der Waals surface area contributed by atoms with Crippen LogP contribution in [0.1, 0.15) is 5.56 Å². The Morgan fingerprint density at radius 2 is 1.92 bits per heavy atom. The smallest absolute Gasteiger partial charge is 0.118 e. The van der Waals surface area contributed by atoms with Gasteiger partial charge in [0.25, 0.3) is 0 Å². The predicted molar refractivity (Wildman–Crippen MR) is 51.7 cm³/mol. The third-order valence-electron chi connectivity index (χ3n) is 1.80. The van der Waals surface area contributed by atoms with Crippen molar-refractivity contribution in [2.24, 2.45) is 0 Å². The molecule has 0 aliphatic heterocycles. The molecule has 0 unspecified atom stereocenters. The summed E-state index contributed by atoms with van der Waals surface area (Å²) in [7, 11) is 3.42. The molecule has 3 nitrogen and oxygen atoms in total. The van der Waals surface area contributed by atoms with Gasteiger partial charge in [0.2, 0.25) is 0 Å². The summed E-state index contributed by atoms with van der Waals surface area (Å²) in [4.78, 5) is 5.01. The summed E-state index contributed by atoms with van der Waals surface area (Å²) in [5, 5.41) is 0. The molecule has 0 bridgehead atoms. The lowest BCUT2D eigenvalue weighted by Crippen LogP contribution is -2.09. The van der Waals surface area contributed by atoms with Crippen LogP contribution in [0.15, 0.2) is 24.3 Å². The normalized spacial score (nSPS) is 10.0. The van der Waals surface area contributed by atoms with Gasteiger partial charge in [-0.2, -0.15) is 0 Å². The van der Waals surface area contributed by atoms with Gasteiger partial charge in [-0.25, -0.2) is 5.48 Å². The third kappa shape index (κ3) is 3.44. The molecular formula is C10H15NO2. The van der Waals surface area contributed by atoms with Gasteiger partial charge in [-0.3, -0.25) is 0 Å². The van der Waals surface area contributed by atoms with Crippen molar-refractivity contribution in [2.75, 3.05) is 20.8 Å². The number of rotatable bonds is 5. The molecule has 1 rings (SSSR count). The standard InChI is InChI=1S/C10H15NO2/c1-11-13-8-7-9-3-5-10(12-2)6-4-9/h3-6,11H,7-8H2,1-2H3. The molecule has 1 N–H and O–H groups in total. The minimum atomic E-state index is 0.683. The zero-order valence-electron chi connectivity index (χ0n) is 8.04. The highest BCUT2D eigenvalue weighted by Crippen LogP contribution is 2.11. The van der Waals surface area contributed by atoms with Gasteiger partial charge in [0.15, 0.2) is 0 Å². The molecule has 1 aromatic carbocycles. The van der Waals surface area contributed by atoms with Gasteiger partial charge in [0.1, 0.15) is 5.75 Å². The van der Waals surface area contributed by atoms with Crippen LogP contribution in [0.2, 0.25) is 0 Å². The van der Waals surface area contributed by atoms with E-state index in [1.807, 2.05) is 24.3 Å². The fourth-order valence-electron chi connectivity index (χ4n) is 1.06. The fraction of sp³-hybridized carbons (Fsp3) is 0.400. The lowest BCUT2D eigenvalue weighted by Gasteiger charge is -2.03. The number of benzene rings is 1. The van der Waals surface area contributed by atoms with Crippen LogP contribution in [0.5, 0.6) is 5.75 Å². The molecule has 0 amide bonds. The first-order valence-corrected chi connectivity index (χ1v) is 4.28. The maximum atomic E-state index is 5.05. The Balaban J connectivity index is 2.40. The van der Waals surface area contributed by atoms with E-state index in [0.717, 1.165) is 12.2 Å². The van der Waals surface area contributed by atoms with E-state index in [4.69, 9.17) is 9.57 Å². The molecule has 0 aliphatic rings. The Bertz CT molecular complexity index is 233. The van der Waals surface area contributed by atoms with Crippen LogP contribution in [0.3, 0.4) is 0 Å². The average molecular weight is 181 g/mol. The predicted octanol–water partition coefficient (Wildman–Crippen LogP) is 1.39. The maximum absolute atomic E-state index is 5.05. The highest BCUT2D eigenvalue weighted by molar-refractivity contribution is 5.27. The van der Waals surface area contributed by atoms with Crippen LogP contribution in [0.25, 0.3) is 0 Å². The zero-order chi connectivity index (χ0) is 9.52. The van der Waals surface area contributed by atoms with E-state index in [2.05, 4.69) is 5.48 Å². The van der Waals surface area contributed by atoms with Crippen molar-refractivity contribution in [3.05, 3.63) is 29.8 Å². The summed E-state index contributed by atoms with van der Waals surface area (Å²) in [5.74, 6) is 0.887. The summed E-state index contributed by atoms with van der Waals surface area (Å²) in [5.41, 5.74) is 3.88. The minimum Gasteiger partial charge on any atom is -0.497 e. The van der Waals surface area contributed by atoms with Gasteiger partial charge in [-0.1, -0.05) is 12.1 Å². The third-order valence-corrected chi connectivity index (χ3v) is 1.80. The van der Waals surface area contributed by atoms with Gasteiger partial charge in [-0.05, 0) is 24.1 Å². The number of nitrogens with one attached hydrogen (secondary N) is 1. The number of ether oxygens (including phenoxy) is 1. The SMILES string of the molecule is CNOCCc1ccc(OC)cc1. The topological polar surface area (TPSA) is 30.5 Å². The van der Waals surface area contributed by atoms with Gasteiger partial charge in [0, 0.05) is 7.05 Å². The summed E-state index contributed by atoms with van der Waals surface area (Å²) < 4.78 is 5.05. The molecule has 72 valence electrons. The van der Waals surface area contributed by atoms with Crippen LogP contribution in [0, 0.1) is 0 Å². The summed E-state index contributed by atoms with van der Waals surface area (Å²) >= 11 is 0. The average Bonchev–Trinajstić information content (AvgIpc) is 2.19. The van der Waals surface area contributed by atoms with Crippen LogP contribution < -0.4 is 10.2 Å². The Morgan fingerprint density at radius 1 is 1.23 bits per heavy atom. The van der Waals surface area contributed by atoms with Crippen molar-refractivity contribution < 1.29 is 9.57 Å². The molecule has 0 atom stereocenters. The lowest BCUT2D eigenvalue weighted by atomic mass is 10.1. The first kappa shape index (κ1) is 10.0. The van der Waals surface area contributed by atoms with Crippen molar-refractivity contribution in [3.8, 4) is 5.75 Å². The zero-order valence-corrected chi connectivity index (χ0v) is 8.04. The molecular weight excluding hydrogens is 166 g/mol. The molecule has 0 radical (unpaired) electrons. The summed E-state index contributed by atoms with van der Waals surface area (Å²) in [6.07, 6.45) is 0.908. The van der Waals surface area contributed by atoms with Gasteiger partial charge >= 0.3 is 0 Å². The van der Waals surface area contributed by atoms with E-state index in [1.54, 1.807) is 14.2 Å². The quantitative estimate of drug-likeness (QED) is 0.550. The Morgan fingerprint density at radius 3 is 2.46 bits per heavy atom. The van der Waals surface area contributed by atoms with Crippen molar-refractivity contribution in [2.45, 2.75) is 6.42 Å². The molecule has 0 saturated heterocycles. The van der Waals surface area contributed by atoms with E-state index in [1.165, 1.54) is 5.56 Å². The van der Waals surface area contributed by atoms with E-state index in [9.17, 15) is 0 Å². The summed E-state index contributed by atoms with van der Waals surface area (Å²) in [6.45, 7) is 0.683. The number of hydroxylamine groups is 1. The van der Waals surface area contributed by atoms with Crippen LogP contribution in [0.4, 0.5) is 0 Å². The Labute approximate surface area is 78.6 Å². The Kier molecular flexibility index (Phi) is 4.29. The number of hydrogen-bond donors (Lipinski definition) is 1. The van der Waals surface area contributed by atoms with Gasteiger partial charge < -0.3 is 9.57 Å². The molecule has 0 spiro atoms. The molecule has 0 aromatic heterocycles. The second-order valence-corrected chi connectivity index (χ2v) is 2.65. The minimum absolute atomic E-state index is 0.683. The Hall–Kier alpha value is -1.06. The van der Waals surface area contributed by atoms with Crippen molar-refractivity contribution in [1.82, 2.24) is 5.48 Å². The number of methoxy groups -OCH3 is 1. The largest absolute Gasteiger partial charge is 0.497 e. The fourth-order valence-corrected chi connectivity index (χ4v) is 1.06. The maximum Gasteiger partial charge on any atom is 0.118 e. The first-order valence-electron chi connectivity index (χ1n) is 4.28. The number of hydrogen-bond acceptors (Lipinski definition) is 3. The van der Waals surface area contributed by atoms with Crippen molar-refractivity contribution >= 4 is 0 Å². The van der Waals surface area contributed by atoms with Crippen LogP contribution >= 0.6 is 0 Å². The molecule has 3 heteroatoms. The van der Waals surface area contributed by atoms with Crippen LogP contribution in [-0.4, -0.2) is 20.8 Å². The highest BCUT2D eigenvalue weighted by atomic mass is 16.6. The molecule has 0 fully saturated rings. The van der Waals surface area contributed by atoms with E-state index < -0.39 is 0 Å². The summed E-state index contributed by atoms with van der Waals surface area (Å²) in [6, 6.07) is 7.99. The molecule has 0 saturated carbocycles. The second kappa shape index (κ2) is 5.56. The van der Waals surface area contributed by atoms with E-state index >= 15 is 0 Å². The van der Waals surface area contributed by atoms with Crippen molar-refractivity contribution in [3.63, 3.8) is 0 Å². The van der Waals surface area contributed by atoms with Gasteiger partial charge in [-0.15, -0.1) is 0 Å². The van der Waals surface area contributed by atoms with Crippen LogP contribution in [-0.2, 0) is 11.3 Å². The molecule has 0 aliphatic carbocycles. The van der Waals surface area contributed by atoms with Gasteiger partial charge in [0.05, 0.1) is 13.7 Å². The van der Waals surface area contributed by atoms with E-state index in [0.29, 0.717) is 6.61 Å². The molecule has 13 heavy (non-hydrogen) atoms. The lowest BCUT2D eigenvalue weighted by molar-refractivity contribution is 0.0604. The van der Waals surface area contributed by atoms with E-state index in [-0.39, 0.29) is 0 Å². The first-order chi connectivity index (χ1) is 6.36.